The van der Waals surface area contributed by atoms with Crippen LogP contribution in [0.25, 0.3) is 10.8 Å². The van der Waals surface area contributed by atoms with Gasteiger partial charge in [0.25, 0.3) is 23.6 Å². The predicted octanol–water partition coefficient (Wildman–Crippen LogP) is 3.13. The molecule has 0 atom stereocenters. The highest BCUT2D eigenvalue weighted by Crippen LogP contribution is 2.44. The first-order valence-corrected chi connectivity index (χ1v) is 14.9. The van der Waals surface area contributed by atoms with E-state index in [9.17, 15) is 19.2 Å². The van der Waals surface area contributed by atoms with Crippen molar-refractivity contribution in [3.05, 3.63) is 34.4 Å². The molecule has 0 aromatic heterocycles. The summed E-state index contributed by atoms with van der Waals surface area (Å²) >= 11 is 0. The van der Waals surface area contributed by atoms with Gasteiger partial charge < -0.3 is 30.0 Å². The van der Waals surface area contributed by atoms with Crippen LogP contribution in [-0.2, 0) is 14.2 Å². The third-order valence-corrected chi connectivity index (χ3v) is 7.73. The Labute approximate surface area is 251 Å². The number of aliphatic hydroxyl groups excluding tert-OH is 1. The summed E-state index contributed by atoms with van der Waals surface area (Å²) in [5, 5.41) is 16.4. The molecule has 3 N–H and O–H groups in total. The lowest BCUT2D eigenvalue weighted by Crippen LogP contribution is -2.44. The van der Waals surface area contributed by atoms with E-state index in [4.69, 9.17) is 19.3 Å². The van der Waals surface area contributed by atoms with E-state index >= 15 is 0 Å². The molecule has 0 spiro atoms. The Morgan fingerprint density at radius 2 is 1.05 bits per heavy atom. The molecule has 4 amide bonds. The Hall–Kier alpha value is -3.58. The number of hydrogen-bond donors (Lipinski definition) is 3. The highest BCUT2D eigenvalue weighted by Gasteiger charge is 2.42. The molecule has 2 aliphatic rings. The number of benzene rings is 2. The summed E-state index contributed by atoms with van der Waals surface area (Å²) in [5.74, 6) is -1.92. The van der Waals surface area contributed by atoms with Crippen LogP contribution in [0.5, 0.6) is 0 Å². The molecule has 0 radical (unpaired) electrons. The number of hydrogen-bond acceptors (Lipinski definition) is 10. The summed E-state index contributed by atoms with van der Waals surface area (Å²) in [4.78, 5) is 58.2. The Morgan fingerprint density at radius 1 is 0.605 bits per heavy atom. The Morgan fingerprint density at radius 3 is 1.49 bits per heavy atom. The van der Waals surface area contributed by atoms with Gasteiger partial charge in [-0.05, 0) is 50.7 Å². The van der Waals surface area contributed by atoms with E-state index in [2.05, 4.69) is 10.6 Å². The van der Waals surface area contributed by atoms with Crippen LogP contribution in [-0.4, -0.2) is 112 Å². The summed E-state index contributed by atoms with van der Waals surface area (Å²) in [6.07, 6.45) is 3.74. The summed E-state index contributed by atoms with van der Waals surface area (Å²) in [6.45, 7) is 2.64. The van der Waals surface area contributed by atoms with Crippen molar-refractivity contribution in [2.45, 2.75) is 38.5 Å². The van der Waals surface area contributed by atoms with Gasteiger partial charge in [-0.3, -0.25) is 29.0 Å². The van der Waals surface area contributed by atoms with Gasteiger partial charge in [0.15, 0.2) is 0 Å². The van der Waals surface area contributed by atoms with Crippen molar-refractivity contribution in [2.75, 3.05) is 84.6 Å². The lowest BCUT2D eigenvalue weighted by atomic mass is 9.83. The minimum atomic E-state index is -0.479. The molecule has 2 aliphatic heterocycles. The highest BCUT2D eigenvalue weighted by molar-refractivity contribution is 6.36. The van der Waals surface area contributed by atoms with Crippen molar-refractivity contribution in [2.24, 2.45) is 0 Å². The molecular weight excluding hydrogens is 556 g/mol. The average molecular weight is 599 g/mol. The first kappa shape index (κ1) is 32.3. The fraction of sp³-hybridized carbons (Fsp3) is 0.548. The molecule has 234 valence electrons. The molecule has 0 saturated heterocycles. The van der Waals surface area contributed by atoms with Crippen LogP contribution in [0.4, 0.5) is 11.4 Å². The van der Waals surface area contributed by atoms with Crippen molar-refractivity contribution in [3.8, 4) is 0 Å². The summed E-state index contributed by atoms with van der Waals surface area (Å²) in [5.41, 5.74) is 1.94. The highest BCUT2D eigenvalue weighted by atomic mass is 16.5. The minimum absolute atomic E-state index is 0.0951. The Balaban J connectivity index is 1.91. The molecule has 0 saturated carbocycles. The molecule has 2 heterocycles. The van der Waals surface area contributed by atoms with Crippen molar-refractivity contribution >= 4 is 45.8 Å². The van der Waals surface area contributed by atoms with Gasteiger partial charge in [0, 0.05) is 96.1 Å². The number of amides is 4. The second-order valence-electron chi connectivity index (χ2n) is 10.6. The normalized spacial score (nSPS) is 14.3. The third-order valence-electron chi connectivity index (χ3n) is 7.73. The van der Waals surface area contributed by atoms with E-state index < -0.39 is 23.6 Å². The lowest BCUT2D eigenvalue weighted by Gasteiger charge is -2.34. The molecule has 0 unspecified atom stereocenters. The van der Waals surface area contributed by atoms with E-state index in [1.54, 1.807) is 33.5 Å². The number of carbonyl (C=O) groups is 4. The van der Waals surface area contributed by atoms with E-state index in [1.165, 1.54) is 9.80 Å². The predicted molar refractivity (Wildman–Crippen MR) is 162 cm³/mol. The second-order valence-corrected chi connectivity index (χ2v) is 10.6. The van der Waals surface area contributed by atoms with Crippen molar-refractivity contribution < 1.29 is 38.5 Å². The van der Waals surface area contributed by atoms with Gasteiger partial charge in [0.2, 0.25) is 0 Å². The number of ether oxygens (including phenoxy) is 3. The summed E-state index contributed by atoms with van der Waals surface area (Å²) < 4.78 is 15.5. The molecule has 12 nitrogen and oxygen atoms in total. The zero-order valence-electron chi connectivity index (χ0n) is 25.3. The average Bonchev–Trinajstić information content (AvgIpc) is 3.00. The number of carbonyl (C=O) groups excluding carboxylic acids is 4. The first-order valence-electron chi connectivity index (χ1n) is 14.9. The van der Waals surface area contributed by atoms with Crippen molar-refractivity contribution in [1.29, 1.82) is 0 Å². The molecule has 0 aliphatic carbocycles. The minimum Gasteiger partial charge on any atom is -0.396 e. The van der Waals surface area contributed by atoms with Crippen LogP contribution in [0.3, 0.4) is 0 Å². The van der Waals surface area contributed by atoms with Gasteiger partial charge in [-0.15, -0.1) is 0 Å². The fourth-order valence-electron chi connectivity index (χ4n) is 5.66. The molecule has 0 fully saturated rings. The molecule has 2 aromatic rings. The van der Waals surface area contributed by atoms with Gasteiger partial charge in [-0.1, -0.05) is 0 Å². The zero-order valence-corrected chi connectivity index (χ0v) is 25.3. The van der Waals surface area contributed by atoms with Crippen LogP contribution in [0.2, 0.25) is 0 Å². The topological polar surface area (TPSA) is 147 Å². The number of methoxy groups -OCH3 is 3. The number of imide groups is 2. The van der Waals surface area contributed by atoms with Gasteiger partial charge in [0.05, 0.1) is 22.3 Å². The molecule has 4 rings (SSSR count). The fourth-order valence-corrected chi connectivity index (χ4v) is 5.66. The molecule has 0 bridgehead atoms. The molecule has 2 aromatic carbocycles. The third kappa shape index (κ3) is 6.67. The van der Waals surface area contributed by atoms with Crippen LogP contribution in [0.1, 0.15) is 80.0 Å². The number of rotatable bonds is 19. The first-order chi connectivity index (χ1) is 20.9. The van der Waals surface area contributed by atoms with Crippen molar-refractivity contribution in [3.63, 3.8) is 0 Å². The number of nitrogens with zero attached hydrogens (tertiary/aromatic N) is 2. The number of unbranched alkanes of at least 4 members (excludes halogenated alkanes) is 2. The molecule has 12 heteroatoms. The van der Waals surface area contributed by atoms with E-state index in [-0.39, 0.29) is 42.0 Å². The van der Waals surface area contributed by atoms with Crippen LogP contribution in [0.15, 0.2) is 12.1 Å². The number of aliphatic hydroxyl groups is 1. The largest absolute Gasteiger partial charge is 0.396 e. The Kier molecular flexibility index (Phi) is 11.5. The van der Waals surface area contributed by atoms with E-state index in [1.807, 2.05) is 0 Å². The molecular formula is C31H42N4O8. The zero-order chi connectivity index (χ0) is 30.9. The molecule has 43 heavy (non-hydrogen) atoms. The maximum absolute atomic E-state index is 14.0. The van der Waals surface area contributed by atoms with Crippen molar-refractivity contribution in [1.82, 2.24) is 9.80 Å². The monoisotopic (exact) mass is 598 g/mol. The summed E-state index contributed by atoms with van der Waals surface area (Å²) in [6, 6.07) is 3.28. The van der Waals surface area contributed by atoms with Gasteiger partial charge in [0.1, 0.15) is 0 Å². The maximum atomic E-state index is 14.0. The summed E-state index contributed by atoms with van der Waals surface area (Å²) in [7, 11) is 4.73. The van der Waals surface area contributed by atoms with Gasteiger partial charge >= 0.3 is 0 Å². The lowest BCUT2D eigenvalue weighted by molar-refractivity contribution is 0.0574. The van der Waals surface area contributed by atoms with E-state index in [0.29, 0.717) is 80.7 Å². The van der Waals surface area contributed by atoms with Crippen LogP contribution >= 0.6 is 0 Å². The number of nitrogens with one attached hydrogen (secondary N) is 2. The van der Waals surface area contributed by atoms with E-state index in [0.717, 1.165) is 12.8 Å². The second kappa shape index (κ2) is 15.2. The quantitative estimate of drug-likeness (QED) is 0.163. The maximum Gasteiger partial charge on any atom is 0.263 e. The van der Waals surface area contributed by atoms with Gasteiger partial charge in [-0.2, -0.15) is 0 Å². The smallest absolute Gasteiger partial charge is 0.263 e. The Bertz CT molecular complexity index is 1360. The number of anilines is 2. The van der Waals surface area contributed by atoms with Crippen LogP contribution in [0, 0.1) is 0 Å². The van der Waals surface area contributed by atoms with Gasteiger partial charge in [-0.25, -0.2) is 0 Å². The standard InChI is InChI=1S/C31H42N4O8/c1-41-15-7-11-33-23-19-21-24-25-20(28(37)35(13-9-17-43-3)31(40)27(23)25)18-22(32-10-5-4-6-14-36)26(24)30(39)34(29(21)38)12-8-16-42-2/h18-19,32-33,36H,4-17H2,1-3H3. The van der Waals surface area contributed by atoms with Crippen LogP contribution < -0.4 is 10.6 Å². The SMILES string of the molecule is COCCCNc1cc2c3c(c(NCCCCCO)cc4c3c1C(=O)N(CCCOC)C4=O)C(=O)N(CCCOC)C2=O.